The fourth-order valence-electron chi connectivity index (χ4n) is 11.0. The standard InChI is InChI=1S/C44H68N6O5/c1-3-4-5-8-35-27-49-23-32-18-33(24-49)26-50(25-32)29-48-43(45)47-28-44(35)15-12-34-7-6-9-36-21-38(14-17-46-36)55-42-20-31(10-11-40(42)53)19-39(34)41(54-30(2)51)22-37(52)13-16-44/h10-11,20,32-39,41,46,52-53H,3-9,13-14,16-19,21-29H2,1-2H3,(H3,45,47,48)/t32-,33+,34-,35-,36-,37+,38+,39+,41+,44-/m1/s1. The summed E-state index contributed by atoms with van der Waals surface area (Å²) in [4.78, 5) is 22.8. The molecule has 8 bridgehead atoms. The van der Waals surface area contributed by atoms with Gasteiger partial charge in [0.1, 0.15) is 12.2 Å². The molecule has 1 aliphatic carbocycles. The molecular formula is C44H68N6O5. The Morgan fingerprint density at radius 1 is 1.07 bits per heavy atom. The second-order valence-corrected chi connectivity index (χ2v) is 18.1. The lowest BCUT2D eigenvalue weighted by Gasteiger charge is -2.48. The molecule has 7 aliphatic rings. The molecule has 0 radical (unpaired) electrons. The normalized spacial score (nSPS) is 38.2. The Kier molecular flexibility index (Phi) is 13.5. The van der Waals surface area contributed by atoms with Crippen LogP contribution in [0.15, 0.2) is 23.2 Å². The van der Waals surface area contributed by atoms with Gasteiger partial charge >= 0.3 is 5.97 Å². The molecule has 2 unspecified atom stereocenters. The van der Waals surface area contributed by atoms with Crippen molar-refractivity contribution in [2.45, 2.75) is 128 Å². The third-order valence-corrected chi connectivity index (χ3v) is 13.7. The van der Waals surface area contributed by atoms with Crippen LogP contribution in [-0.2, 0) is 16.0 Å². The number of aromatic hydroxyl groups is 1. The molecule has 3 saturated heterocycles. The maximum Gasteiger partial charge on any atom is 0.302 e. The number of unbranched alkanes of at least 4 members (excludes halogenated alkanes) is 2. The number of phenolic OH excluding ortho intramolecular Hbond substituents is 1. The Hall–Kier alpha value is -3.04. The van der Waals surface area contributed by atoms with Crippen molar-refractivity contribution in [3.63, 3.8) is 0 Å². The van der Waals surface area contributed by atoms with Crippen LogP contribution < -0.4 is 21.1 Å². The molecule has 0 amide bonds. The van der Waals surface area contributed by atoms with Crippen LogP contribution in [0.2, 0.25) is 0 Å². The van der Waals surface area contributed by atoms with Crippen molar-refractivity contribution in [2.75, 3.05) is 52.5 Å². The zero-order chi connectivity index (χ0) is 38.4. The molecule has 12 atom stereocenters. The highest BCUT2D eigenvalue weighted by Gasteiger charge is 2.43. The van der Waals surface area contributed by atoms with E-state index in [9.17, 15) is 15.0 Å². The van der Waals surface area contributed by atoms with Crippen LogP contribution in [0.3, 0.4) is 0 Å². The summed E-state index contributed by atoms with van der Waals surface area (Å²) in [6.07, 6.45) is 11.5. The predicted octanol–water partition coefficient (Wildman–Crippen LogP) is 4.64. The third kappa shape index (κ3) is 10.5. The summed E-state index contributed by atoms with van der Waals surface area (Å²) >= 11 is 0. The fraction of sp³-hybridized carbons (Fsp3) is 0.773. The predicted molar refractivity (Wildman–Crippen MR) is 215 cm³/mol. The number of nitrogens with one attached hydrogen (secondary N) is 2. The second-order valence-electron chi connectivity index (χ2n) is 18.1. The van der Waals surface area contributed by atoms with Gasteiger partial charge in [-0.25, -0.2) is 4.99 Å². The first-order valence-electron chi connectivity index (χ1n) is 21.7. The first kappa shape index (κ1) is 40.2. The lowest BCUT2D eigenvalue weighted by molar-refractivity contribution is -0.152. The molecule has 0 aromatic heterocycles. The van der Waals surface area contributed by atoms with E-state index in [-0.39, 0.29) is 35.6 Å². The molecule has 11 heteroatoms. The highest BCUT2D eigenvalue weighted by Crippen LogP contribution is 2.42. The number of phenols is 1. The second kappa shape index (κ2) is 18.5. The van der Waals surface area contributed by atoms with E-state index in [4.69, 9.17) is 20.2 Å². The number of aliphatic imine (C=N–C) groups is 1. The van der Waals surface area contributed by atoms with Gasteiger partial charge < -0.3 is 41.0 Å². The minimum Gasteiger partial charge on any atom is -0.504 e. The number of aliphatic hydroxyl groups is 1. The van der Waals surface area contributed by atoms with Crippen LogP contribution in [-0.4, -0.2) is 109 Å². The molecule has 304 valence electrons. The topological polar surface area (TPSA) is 145 Å². The van der Waals surface area contributed by atoms with E-state index in [1.807, 2.05) is 12.1 Å². The van der Waals surface area contributed by atoms with Crippen LogP contribution in [0.4, 0.5) is 0 Å². The van der Waals surface area contributed by atoms with Crippen LogP contribution in [0, 0.1) is 46.8 Å². The van der Waals surface area contributed by atoms with Gasteiger partial charge in [-0.05, 0) is 99.8 Å². The van der Waals surface area contributed by atoms with E-state index >= 15 is 0 Å². The van der Waals surface area contributed by atoms with Crippen LogP contribution >= 0.6 is 0 Å². The summed E-state index contributed by atoms with van der Waals surface area (Å²) in [6, 6.07) is 5.96. The third-order valence-electron chi connectivity index (χ3n) is 13.7. The van der Waals surface area contributed by atoms with Crippen molar-refractivity contribution < 1.29 is 24.5 Å². The Morgan fingerprint density at radius 3 is 2.69 bits per heavy atom. The van der Waals surface area contributed by atoms with Crippen molar-refractivity contribution in [1.29, 1.82) is 0 Å². The van der Waals surface area contributed by atoms with E-state index in [1.165, 1.54) is 19.8 Å². The highest BCUT2D eigenvalue weighted by atomic mass is 16.5. The van der Waals surface area contributed by atoms with E-state index in [0.717, 1.165) is 103 Å². The smallest absolute Gasteiger partial charge is 0.302 e. The van der Waals surface area contributed by atoms with Crippen LogP contribution in [0.25, 0.3) is 0 Å². The molecule has 0 saturated carbocycles. The lowest BCUT2D eigenvalue weighted by Crippen LogP contribution is -2.54. The largest absolute Gasteiger partial charge is 0.504 e. The van der Waals surface area contributed by atoms with Crippen LogP contribution in [0.5, 0.6) is 11.5 Å². The maximum atomic E-state index is 12.7. The zero-order valence-corrected chi connectivity index (χ0v) is 33.5. The van der Waals surface area contributed by atoms with Crippen molar-refractivity contribution in [2.24, 2.45) is 45.7 Å². The van der Waals surface area contributed by atoms with E-state index in [2.05, 4.69) is 39.2 Å². The summed E-state index contributed by atoms with van der Waals surface area (Å²) in [5, 5.41) is 30.1. The van der Waals surface area contributed by atoms with Crippen molar-refractivity contribution >= 4 is 11.9 Å². The van der Waals surface area contributed by atoms with Gasteiger partial charge in [-0.1, -0.05) is 50.5 Å². The van der Waals surface area contributed by atoms with Crippen LogP contribution in [0.1, 0.15) is 103 Å². The number of nitrogens with zero attached hydrogens (tertiary/aromatic N) is 3. The molecule has 6 aliphatic heterocycles. The number of aliphatic hydroxyl groups excluding tert-OH is 1. The maximum absolute atomic E-state index is 12.7. The van der Waals surface area contributed by atoms with E-state index in [1.54, 1.807) is 6.07 Å². The van der Waals surface area contributed by atoms with Crippen molar-refractivity contribution in [3.05, 3.63) is 23.8 Å². The first-order chi connectivity index (χ1) is 26.6. The summed E-state index contributed by atoms with van der Waals surface area (Å²) in [5.41, 5.74) is 7.22. The van der Waals surface area contributed by atoms with Gasteiger partial charge in [0.25, 0.3) is 0 Å². The number of nitrogens with two attached hydrogens (primary N) is 1. The number of rotatable bonds is 5. The van der Waals surface area contributed by atoms with Gasteiger partial charge in [-0.3, -0.25) is 9.69 Å². The average molecular weight is 761 g/mol. The summed E-state index contributed by atoms with van der Waals surface area (Å²) in [5.74, 6) is 10.1. The van der Waals surface area contributed by atoms with E-state index in [0.29, 0.717) is 62.1 Å². The molecule has 8 rings (SSSR count). The molecule has 6 N–H and O–H groups in total. The number of carbonyl (C=O) groups is 1. The van der Waals surface area contributed by atoms with Gasteiger partial charge in [0.15, 0.2) is 17.5 Å². The summed E-state index contributed by atoms with van der Waals surface area (Å²) in [7, 11) is 0. The molecular weight excluding hydrogens is 693 g/mol. The molecule has 3 fully saturated rings. The Morgan fingerprint density at radius 2 is 1.89 bits per heavy atom. The minimum atomic E-state index is -0.667. The lowest BCUT2D eigenvalue weighted by atomic mass is 9.67. The van der Waals surface area contributed by atoms with Gasteiger partial charge in [-0.2, -0.15) is 0 Å². The molecule has 11 nitrogen and oxygen atoms in total. The zero-order valence-electron chi connectivity index (χ0n) is 33.5. The number of piperidine rings is 3. The molecule has 1 spiro atoms. The first-order valence-corrected chi connectivity index (χ1v) is 21.7. The average Bonchev–Trinajstić information content (AvgIpc) is 3.16. The Labute approximate surface area is 329 Å². The Bertz CT molecular complexity index is 1530. The number of carbonyl (C=O) groups excluding carboxylic acids is 1. The molecule has 1 aromatic rings. The number of benzene rings is 1. The quantitative estimate of drug-likeness (QED) is 0.164. The molecule has 55 heavy (non-hydrogen) atoms. The van der Waals surface area contributed by atoms with Crippen molar-refractivity contribution in [1.82, 2.24) is 20.4 Å². The van der Waals surface area contributed by atoms with Gasteiger partial charge in [-0.15, -0.1) is 0 Å². The van der Waals surface area contributed by atoms with Gasteiger partial charge in [0.2, 0.25) is 0 Å². The van der Waals surface area contributed by atoms with E-state index < -0.39 is 17.6 Å². The number of hydrogen-bond acceptors (Lipinski definition) is 11. The van der Waals surface area contributed by atoms with Crippen molar-refractivity contribution in [3.8, 4) is 23.3 Å². The molecule has 6 heterocycles. The Balaban J connectivity index is 1.31. The fourth-order valence-corrected chi connectivity index (χ4v) is 11.0. The minimum absolute atomic E-state index is 0.0362. The number of fused-ring (bicyclic) bond motifs is 9. The summed E-state index contributed by atoms with van der Waals surface area (Å²) < 4.78 is 12.6. The monoisotopic (exact) mass is 761 g/mol. The molecule has 1 aromatic carbocycles. The highest BCUT2D eigenvalue weighted by molar-refractivity contribution is 5.77. The number of ether oxygens (including phenoxy) is 2. The number of hydrogen-bond donors (Lipinski definition) is 5. The SMILES string of the molecule is CCCCC[C@@H]1CN2C[C@@H]3C[C@@H](CN(CN=C(N)NC[C@]14C#C[C@H]1CCC[C@@H]5C[C@H](CCN5)Oc5cc(ccc5O)C[C@@H]1[C@@H](OC(C)=O)C[C@@H](O)CC4)C3)C2. The van der Waals surface area contributed by atoms with Gasteiger partial charge in [0, 0.05) is 70.5 Å². The summed E-state index contributed by atoms with van der Waals surface area (Å²) in [6.45, 7) is 11.2. The number of esters is 1. The number of guanidine groups is 1. The van der Waals surface area contributed by atoms with Gasteiger partial charge in [0.05, 0.1) is 18.2 Å².